The molecule has 20 heavy (non-hydrogen) atoms. The number of unbranched alkanes of at least 4 members (excludes halogenated alkanes) is 2. The number of nitrogens with one attached hydrogen (secondary N) is 1. The number of nitrogens with zero attached hydrogens (tertiary/aromatic N) is 1. The number of hydrogen-bond donors (Lipinski definition) is 3. The molecule has 6 heteroatoms. The van der Waals surface area contributed by atoms with Gasteiger partial charge in [-0.05, 0) is 27.2 Å². The lowest BCUT2D eigenvalue weighted by Crippen LogP contribution is -2.49. The third kappa shape index (κ3) is 7.99. The molecule has 0 saturated carbocycles. The number of amides is 2. The quantitative estimate of drug-likeness (QED) is 0.565. The first-order chi connectivity index (χ1) is 9.19. The van der Waals surface area contributed by atoms with Gasteiger partial charge in [0, 0.05) is 19.1 Å². The van der Waals surface area contributed by atoms with Gasteiger partial charge in [0.1, 0.15) is 0 Å². The first kappa shape index (κ1) is 18.7. The molecule has 0 bridgehead atoms. The number of urea groups is 1. The maximum Gasteiger partial charge on any atom is 0.317 e. The number of aliphatic hydroxyl groups is 1. The van der Waals surface area contributed by atoms with Gasteiger partial charge in [-0.2, -0.15) is 0 Å². The van der Waals surface area contributed by atoms with Crippen molar-refractivity contribution < 1.29 is 19.8 Å². The van der Waals surface area contributed by atoms with Crippen molar-refractivity contribution in [2.24, 2.45) is 0 Å². The number of carbonyl (C=O) groups is 2. The summed E-state index contributed by atoms with van der Waals surface area (Å²) in [6.45, 7) is 7.95. The molecule has 1 unspecified atom stereocenters. The Bertz CT molecular complexity index is 316. The van der Waals surface area contributed by atoms with Crippen LogP contribution in [-0.2, 0) is 4.79 Å². The van der Waals surface area contributed by atoms with Gasteiger partial charge in [-0.25, -0.2) is 4.79 Å². The minimum atomic E-state index is -1.44. The lowest BCUT2D eigenvalue weighted by atomic mass is 10.0. The molecule has 0 spiro atoms. The Balaban J connectivity index is 4.35. The normalized spacial score (nSPS) is 13.9. The van der Waals surface area contributed by atoms with E-state index in [1.165, 1.54) is 6.92 Å². The van der Waals surface area contributed by atoms with Gasteiger partial charge >= 0.3 is 12.0 Å². The van der Waals surface area contributed by atoms with Crippen LogP contribution in [0.25, 0.3) is 0 Å². The van der Waals surface area contributed by atoms with E-state index in [1.54, 1.807) is 4.90 Å². The Labute approximate surface area is 121 Å². The van der Waals surface area contributed by atoms with Crippen molar-refractivity contribution in [2.75, 3.05) is 13.1 Å². The van der Waals surface area contributed by atoms with E-state index < -0.39 is 18.0 Å². The van der Waals surface area contributed by atoms with Crippen LogP contribution in [0.1, 0.15) is 53.4 Å². The number of carboxylic acid groups (broad SMARTS) is 1. The highest BCUT2D eigenvalue weighted by atomic mass is 16.4. The molecule has 118 valence electrons. The maximum atomic E-state index is 12.1. The molecular formula is C14H28N2O4. The van der Waals surface area contributed by atoms with Gasteiger partial charge < -0.3 is 20.4 Å². The molecule has 0 aliphatic carbocycles. The molecule has 0 radical (unpaired) electrons. The first-order valence-corrected chi connectivity index (χ1v) is 7.18. The summed E-state index contributed by atoms with van der Waals surface area (Å²) in [6.07, 6.45) is 2.69. The lowest BCUT2D eigenvalue weighted by molar-refractivity contribution is -0.141. The van der Waals surface area contributed by atoms with Crippen LogP contribution in [0.5, 0.6) is 0 Å². The molecule has 0 heterocycles. The van der Waals surface area contributed by atoms with Gasteiger partial charge in [0.25, 0.3) is 0 Å². The fourth-order valence-corrected chi connectivity index (χ4v) is 1.88. The summed E-state index contributed by atoms with van der Waals surface area (Å²) in [5.74, 6) is -1.09. The highest BCUT2D eigenvalue weighted by Gasteiger charge is 2.26. The zero-order chi connectivity index (χ0) is 15.8. The Hall–Kier alpha value is -1.30. The standard InChI is InChI=1S/C14H28N2O4/c1-5-6-7-8-16(11(2)3)13(19)15-10-14(4,20)9-12(17)18/h11,20H,5-10H2,1-4H3,(H,15,19)(H,17,18). The summed E-state index contributed by atoms with van der Waals surface area (Å²) in [7, 11) is 0. The van der Waals surface area contributed by atoms with Crippen LogP contribution < -0.4 is 5.32 Å². The number of aliphatic carboxylic acids is 1. The van der Waals surface area contributed by atoms with E-state index >= 15 is 0 Å². The molecule has 3 N–H and O–H groups in total. The van der Waals surface area contributed by atoms with Gasteiger partial charge in [0.05, 0.1) is 12.0 Å². The second-order valence-electron chi connectivity index (χ2n) is 5.72. The van der Waals surface area contributed by atoms with E-state index in [-0.39, 0.29) is 18.6 Å². The minimum Gasteiger partial charge on any atom is -0.481 e. The molecule has 2 amide bonds. The van der Waals surface area contributed by atoms with Crippen LogP contribution in [0.2, 0.25) is 0 Å². The molecule has 6 nitrogen and oxygen atoms in total. The molecule has 0 aliphatic heterocycles. The second kappa shape index (κ2) is 8.79. The van der Waals surface area contributed by atoms with E-state index in [1.807, 2.05) is 13.8 Å². The smallest absolute Gasteiger partial charge is 0.317 e. The fraction of sp³-hybridized carbons (Fsp3) is 0.857. The van der Waals surface area contributed by atoms with E-state index in [0.29, 0.717) is 6.54 Å². The Morgan fingerprint density at radius 2 is 1.90 bits per heavy atom. The Morgan fingerprint density at radius 1 is 1.30 bits per heavy atom. The summed E-state index contributed by atoms with van der Waals surface area (Å²) >= 11 is 0. The molecule has 1 atom stereocenters. The zero-order valence-corrected chi connectivity index (χ0v) is 13.0. The van der Waals surface area contributed by atoms with Crippen molar-refractivity contribution in [1.82, 2.24) is 10.2 Å². The summed E-state index contributed by atoms with van der Waals surface area (Å²) < 4.78 is 0. The molecule has 0 fully saturated rings. The number of carboxylic acids is 1. The van der Waals surface area contributed by atoms with Crippen LogP contribution >= 0.6 is 0 Å². The molecular weight excluding hydrogens is 260 g/mol. The Kier molecular flexibility index (Phi) is 8.22. The molecule has 0 aromatic carbocycles. The van der Waals surface area contributed by atoms with E-state index in [9.17, 15) is 14.7 Å². The van der Waals surface area contributed by atoms with Crippen molar-refractivity contribution in [3.05, 3.63) is 0 Å². The van der Waals surface area contributed by atoms with Crippen LogP contribution in [0.4, 0.5) is 4.79 Å². The minimum absolute atomic E-state index is 0.0660. The molecule has 0 aromatic rings. The summed E-state index contributed by atoms with van der Waals surface area (Å²) in [6, 6.07) is -0.196. The van der Waals surface area contributed by atoms with Gasteiger partial charge in [-0.1, -0.05) is 19.8 Å². The van der Waals surface area contributed by atoms with Crippen LogP contribution in [0, 0.1) is 0 Å². The molecule has 0 aromatic heterocycles. The monoisotopic (exact) mass is 288 g/mol. The topological polar surface area (TPSA) is 89.9 Å². The van der Waals surface area contributed by atoms with Crippen LogP contribution in [0.15, 0.2) is 0 Å². The van der Waals surface area contributed by atoms with Crippen molar-refractivity contribution in [3.8, 4) is 0 Å². The van der Waals surface area contributed by atoms with Crippen LogP contribution in [-0.4, -0.2) is 51.8 Å². The second-order valence-corrected chi connectivity index (χ2v) is 5.72. The zero-order valence-electron chi connectivity index (χ0n) is 13.0. The van der Waals surface area contributed by atoms with Crippen molar-refractivity contribution in [1.29, 1.82) is 0 Å². The predicted octanol–water partition coefficient (Wildman–Crippen LogP) is 1.82. The molecule has 0 aliphatic rings. The third-order valence-electron chi connectivity index (χ3n) is 3.04. The highest BCUT2D eigenvalue weighted by Crippen LogP contribution is 2.09. The largest absolute Gasteiger partial charge is 0.481 e. The van der Waals surface area contributed by atoms with Crippen LogP contribution in [0.3, 0.4) is 0 Å². The van der Waals surface area contributed by atoms with Crippen molar-refractivity contribution >= 4 is 12.0 Å². The number of hydrogen-bond acceptors (Lipinski definition) is 3. The first-order valence-electron chi connectivity index (χ1n) is 7.18. The maximum absolute atomic E-state index is 12.1. The number of rotatable bonds is 9. The van der Waals surface area contributed by atoms with Crippen molar-refractivity contribution in [2.45, 2.75) is 65.0 Å². The average Bonchev–Trinajstić information content (AvgIpc) is 2.30. The lowest BCUT2D eigenvalue weighted by Gasteiger charge is -2.29. The van der Waals surface area contributed by atoms with Gasteiger partial charge in [-0.15, -0.1) is 0 Å². The predicted molar refractivity (Wildman–Crippen MR) is 77.6 cm³/mol. The van der Waals surface area contributed by atoms with Gasteiger partial charge in [0.2, 0.25) is 0 Å². The Morgan fingerprint density at radius 3 is 2.35 bits per heavy atom. The van der Waals surface area contributed by atoms with Crippen molar-refractivity contribution in [3.63, 3.8) is 0 Å². The molecule has 0 saturated heterocycles. The fourth-order valence-electron chi connectivity index (χ4n) is 1.88. The molecule has 0 rings (SSSR count). The summed E-state index contributed by atoms with van der Waals surface area (Å²) in [4.78, 5) is 24.4. The summed E-state index contributed by atoms with van der Waals surface area (Å²) in [5, 5.41) is 21.1. The average molecular weight is 288 g/mol. The highest BCUT2D eigenvalue weighted by molar-refractivity contribution is 5.74. The van der Waals surface area contributed by atoms with Gasteiger partial charge in [-0.3, -0.25) is 4.79 Å². The summed E-state index contributed by atoms with van der Waals surface area (Å²) in [5.41, 5.74) is -1.44. The number of carbonyl (C=O) groups excluding carboxylic acids is 1. The van der Waals surface area contributed by atoms with E-state index in [0.717, 1.165) is 19.3 Å². The SMILES string of the molecule is CCCCCN(C(=O)NCC(C)(O)CC(=O)O)C(C)C. The third-order valence-corrected chi connectivity index (χ3v) is 3.04. The van der Waals surface area contributed by atoms with E-state index in [2.05, 4.69) is 12.2 Å². The van der Waals surface area contributed by atoms with Gasteiger partial charge in [0.15, 0.2) is 0 Å². The van der Waals surface area contributed by atoms with E-state index in [4.69, 9.17) is 5.11 Å².